The van der Waals surface area contributed by atoms with Crippen molar-refractivity contribution in [3.63, 3.8) is 0 Å². The first-order valence-corrected chi connectivity index (χ1v) is 15.6. The number of hydrogen-bond acceptors (Lipinski definition) is 10. The third-order valence-corrected chi connectivity index (χ3v) is 8.12. The number of morpholine rings is 1. The number of amides is 4. The van der Waals surface area contributed by atoms with Gasteiger partial charge in [0.15, 0.2) is 5.13 Å². The first-order chi connectivity index (χ1) is 21.3. The number of thiazole rings is 1. The maximum absolute atomic E-state index is 12.9. The molecule has 0 bridgehead atoms. The van der Waals surface area contributed by atoms with Crippen molar-refractivity contribution >= 4 is 51.5 Å². The highest BCUT2D eigenvalue weighted by Gasteiger charge is 2.27. The number of nitrogens with zero attached hydrogens (tertiary/aromatic N) is 4. The molecular formula is C30H38N8O5S. The normalized spacial score (nSPS) is 16.7. The van der Waals surface area contributed by atoms with Crippen LogP contribution in [0.5, 0.6) is 5.88 Å². The van der Waals surface area contributed by atoms with Crippen molar-refractivity contribution in [1.29, 1.82) is 0 Å². The summed E-state index contributed by atoms with van der Waals surface area (Å²) in [4.78, 5) is 51.9. The maximum Gasteiger partial charge on any atom is 0.321 e. The topological polar surface area (TPSA) is 164 Å². The van der Waals surface area contributed by atoms with Crippen molar-refractivity contribution in [2.24, 2.45) is 5.73 Å². The Balaban J connectivity index is 1.35. The molecule has 2 aliphatic rings. The molecule has 2 aromatic heterocycles. The summed E-state index contributed by atoms with van der Waals surface area (Å²) in [6.07, 6.45) is 4.06. The van der Waals surface area contributed by atoms with E-state index in [0.29, 0.717) is 73.9 Å². The molecule has 44 heavy (non-hydrogen) atoms. The quantitative estimate of drug-likeness (QED) is 0.264. The second-order valence-electron chi connectivity index (χ2n) is 10.7. The second kappa shape index (κ2) is 14.4. The minimum Gasteiger partial charge on any atom is -0.477 e. The largest absolute Gasteiger partial charge is 0.477 e. The van der Waals surface area contributed by atoms with Gasteiger partial charge in [0, 0.05) is 60.6 Å². The molecule has 0 spiro atoms. The Kier molecular flexibility index (Phi) is 10.1. The van der Waals surface area contributed by atoms with E-state index < -0.39 is 5.91 Å². The summed E-state index contributed by atoms with van der Waals surface area (Å²) in [5.74, 6) is 0.00230. The van der Waals surface area contributed by atoms with Crippen LogP contribution in [0.25, 0.3) is 0 Å². The highest BCUT2D eigenvalue weighted by Crippen LogP contribution is 2.33. The number of nitrogens with one attached hydrogen (secondary N) is 3. The Morgan fingerprint density at radius 2 is 1.93 bits per heavy atom. The zero-order valence-corrected chi connectivity index (χ0v) is 25.7. The number of urea groups is 1. The number of ether oxygens (including phenoxy) is 2. The van der Waals surface area contributed by atoms with Crippen LogP contribution in [0.2, 0.25) is 0 Å². The maximum atomic E-state index is 12.9. The summed E-state index contributed by atoms with van der Waals surface area (Å²) in [5, 5.41) is 9.67. The van der Waals surface area contributed by atoms with Crippen molar-refractivity contribution < 1.29 is 23.9 Å². The number of carbonyl (C=O) groups excluding carboxylic acids is 3. The minimum absolute atomic E-state index is 0.0529. The van der Waals surface area contributed by atoms with Gasteiger partial charge >= 0.3 is 6.03 Å². The lowest BCUT2D eigenvalue weighted by Crippen LogP contribution is -2.49. The lowest BCUT2D eigenvalue weighted by atomic mass is 10.1. The number of benzene rings is 1. The van der Waals surface area contributed by atoms with Crippen LogP contribution in [-0.4, -0.2) is 84.8 Å². The molecule has 4 heterocycles. The van der Waals surface area contributed by atoms with E-state index in [-0.39, 0.29) is 29.4 Å². The average Bonchev–Trinajstić information content (AvgIpc) is 3.44. The Labute approximate surface area is 260 Å². The van der Waals surface area contributed by atoms with Gasteiger partial charge in [0.1, 0.15) is 11.4 Å². The lowest BCUT2D eigenvalue weighted by molar-refractivity contribution is 0.0303. The number of aryl methyl sites for hydroxylation is 1. The van der Waals surface area contributed by atoms with Crippen LogP contribution in [-0.2, 0) is 4.74 Å². The Bertz CT molecular complexity index is 1470. The fourth-order valence-corrected chi connectivity index (χ4v) is 5.80. The van der Waals surface area contributed by atoms with E-state index in [9.17, 15) is 14.4 Å². The van der Waals surface area contributed by atoms with Gasteiger partial charge < -0.3 is 35.6 Å². The van der Waals surface area contributed by atoms with Crippen molar-refractivity contribution in [2.45, 2.75) is 39.2 Å². The summed E-state index contributed by atoms with van der Waals surface area (Å²) >= 11 is 1.41. The first kappa shape index (κ1) is 31.0. The molecule has 2 saturated heterocycles. The van der Waals surface area contributed by atoms with Gasteiger partial charge in [0.2, 0.25) is 5.88 Å². The predicted molar refractivity (Wildman–Crippen MR) is 169 cm³/mol. The number of hydrogen-bond donors (Lipinski definition) is 4. The zero-order chi connectivity index (χ0) is 31.1. The third-order valence-electron chi connectivity index (χ3n) is 7.29. The van der Waals surface area contributed by atoms with Gasteiger partial charge in [-0.05, 0) is 50.5 Å². The zero-order valence-electron chi connectivity index (χ0n) is 24.9. The van der Waals surface area contributed by atoms with Crippen LogP contribution in [0.1, 0.15) is 51.8 Å². The van der Waals surface area contributed by atoms with Crippen LogP contribution >= 0.6 is 11.3 Å². The molecule has 4 amide bonds. The molecule has 2 aliphatic heterocycles. The summed E-state index contributed by atoms with van der Waals surface area (Å²) < 4.78 is 11.3. The van der Waals surface area contributed by atoms with Crippen LogP contribution in [0.15, 0.2) is 36.5 Å². The van der Waals surface area contributed by atoms with Crippen LogP contribution in [0.3, 0.4) is 0 Å². The van der Waals surface area contributed by atoms with E-state index in [0.717, 1.165) is 24.1 Å². The summed E-state index contributed by atoms with van der Waals surface area (Å²) in [6, 6.07) is 8.40. The van der Waals surface area contributed by atoms with E-state index in [2.05, 4.69) is 25.8 Å². The van der Waals surface area contributed by atoms with E-state index in [1.165, 1.54) is 11.3 Å². The van der Waals surface area contributed by atoms with Crippen molar-refractivity contribution in [1.82, 2.24) is 20.2 Å². The predicted octanol–water partition coefficient (Wildman–Crippen LogP) is 3.74. The number of nitrogens with two attached hydrogens (primary N) is 1. The Morgan fingerprint density at radius 3 is 2.61 bits per heavy atom. The van der Waals surface area contributed by atoms with E-state index in [4.69, 9.17) is 20.2 Å². The smallest absolute Gasteiger partial charge is 0.321 e. The monoisotopic (exact) mass is 622 g/mol. The number of rotatable bonds is 10. The van der Waals surface area contributed by atoms with Gasteiger partial charge in [-0.1, -0.05) is 6.92 Å². The summed E-state index contributed by atoms with van der Waals surface area (Å²) in [5.41, 5.74) is 7.63. The molecule has 0 saturated carbocycles. The van der Waals surface area contributed by atoms with E-state index in [1.807, 2.05) is 13.8 Å². The van der Waals surface area contributed by atoms with E-state index >= 15 is 0 Å². The number of carbonyl (C=O) groups is 3. The second-order valence-corrected chi connectivity index (χ2v) is 11.9. The molecule has 14 heteroatoms. The molecule has 5 rings (SSSR count). The standard InChI is InChI=1S/C30H38N8O5S/c1-3-13-43-27-25(26(31)39)23(33-21-8-6-20(7-9-21)28(40)37-11-14-42-15-12-37)16-24(35-27)38-10-4-5-22(18-38)34-29(41)36-30-32-17-19(2)44-30/h6-9,16-17,22H,3-5,10-15,18H2,1-2H3,(H2,31,39)(H,33,35)(H2,32,34,36,41). The van der Waals surface area contributed by atoms with Gasteiger partial charge in [-0.2, -0.15) is 4.98 Å². The molecule has 5 N–H and O–H groups in total. The molecule has 1 aromatic carbocycles. The number of anilines is 4. The molecule has 3 aromatic rings. The molecule has 1 unspecified atom stereocenters. The van der Waals surface area contributed by atoms with Crippen molar-refractivity contribution in [2.75, 3.05) is 61.5 Å². The van der Waals surface area contributed by atoms with Gasteiger partial charge in [0.05, 0.1) is 25.5 Å². The third kappa shape index (κ3) is 7.74. The molecule has 1 atom stereocenters. The number of piperidine rings is 1. The van der Waals surface area contributed by atoms with Gasteiger partial charge in [0.25, 0.3) is 11.8 Å². The average molecular weight is 623 g/mol. The van der Waals surface area contributed by atoms with Gasteiger partial charge in [-0.15, -0.1) is 11.3 Å². The number of primary amides is 1. The Hall–Kier alpha value is -4.43. The molecular weight excluding hydrogens is 584 g/mol. The fraction of sp³-hybridized carbons (Fsp3) is 0.433. The molecule has 13 nitrogen and oxygen atoms in total. The highest BCUT2D eigenvalue weighted by molar-refractivity contribution is 7.15. The van der Waals surface area contributed by atoms with Crippen LogP contribution in [0, 0.1) is 6.92 Å². The number of pyridine rings is 1. The molecule has 2 fully saturated rings. The summed E-state index contributed by atoms with van der Waals surface area (Å²) in [6.45, 7) is 7.65. The SMILES string of the molecule is CCCOc1nc(N2CCCC(NC(=O)Nc3ncc(C)s3)C2)cc(Nc2ccc(C(=O)N3CCOCC3)cc2)c1C(N)=O. The number of aromatic nitrogens is 2. The molecule has 0 aliphatic carbocycles. The van der Waals surface area contributed by atoms with Crippen LogP contribution < -0.4 is 31.3 Å². The first-order valence-electron chi connectivity index (χ1n) is 14.8. The van der Waals surface area contributed by atoms with Crippen molar-refractivity contribution in [3.05, 3.63) is 52.5 Å². The minimum atomic E-state index is -0.677. The van der Waals surface area contributed by atoms with Crippen LogP contribution in [0.4, 0.5) is 27.1 Å². The highest BCUT2D eigenvalue weighted by atomic mass is 32.1. The van der Waals surface area contributed by atoms with E-state index in [1.54, 1.807) is 41.4 Å². The van der Waals surface area contributed by atoms with Gasteiger partial charge in [-0.25, -0.2) is 9.78 Å². The van der Waals surface area contributed by atoms with Gasteiger partial charge in [-0.3, -0.25) is 14.9 Å². The Morgan fingerprint density at radius 1 is 1.16 bits per heavy atom. The fourth-order valence-electron chi connectivity index (χ4n) is 5.15. The lowest BCUT2D eigenvalue weighted by Gasteiger charge is -2.34. The molecule has 0 radical (unpaired) electrons. The molecule has 234 valence electrons. The van der Waals surface area contributed by atoms with Crippen molar-refractivity contribution in [3.8, 4) is 5.88 Å². The summed E-state index contributed by atoms with van der Waals surface area (Å²) in [7, 11) is 0.